The lowest BCUT2D eigenvalue weighted by Gasteiger charge is -2.12. The summed E-state index contributed by atoms with van der Waals surface area (Å²) in [6.07, 6.45) is -3.01. The number of aliphatic hydroxyl groups excluding tert-OH is 1. The van der Waals surface area contributed by atoms with Crippen LogP contribution in [0.1, 0.15) is 54.2 Å². The van der Waals surface area contributed by atoms with Crippen molar-refractivity contribution in [2.75, 3.05) is 6.54 Å². The van der Waals surface area contributed by atoms with Crippen LogP contribution in [-0.2, 0) is 17.6 Å². The second-order valence-electron chi connectivity index (χ2n) is 9.31. The van der Waals surface area contributed by atoms with Gasteiger partial charge in [0, 0.05) is 22.3 Å². The van der Waals surface area contributed by atoms with Gasteiger partial charge in [-0.3, -0.25) is 14.4 Å². The Morgan fingerprint density at radius 2 is 1.54 bits per heavy atom. The molecule has 1 atom stereocenters. The number of aryl methyl sites for hydroxylation is 2. The average molecular weight is 568 g/mol. The predicted molar refractivity (Wildman–Crippen MR) is 141 cm³/mol. The summed E-state index contributed by atoms with van der Waals surface area (Å²) in [5, 5.41) is 20.3. The van der Waals surface area contributed by atoms with Gasteiger partial charge in [-0.15, -0.1) is 13.2 Å². The number of hydrogen-bond acceptors (Lipinski definition) is 6. The average Bonchev–Trinajstić information content (AvgIpc) is 3.41. The molecule has 0 aliphatic heterocycles. The van der Waals surface area contributed by atoms with E-state index in [0.29, 0.717) is 5.56 Å². The Kier molecular flexibility index (Phi) is 8.68. The number of amides is 1. The predicted octanol–water partition coefficient (Wildman–Crippen LogP) is 4.40. The Bertz CT molecular complexity index is 1530. The van der Waals surface area contributed by atoms with Crippen molar-refractivity contribution in [1.29, 1.82) is 0 Å². The maximum atomic E-state index is 13.6. The fourth-order valence-electron chi connectivity index (χ4n) is 4.39. The van der Waals surface area contributed by atoms with Gasteiger partial charge in [-0.05, 0) is 66.3 Å². The molecule has 1 amide bonds. The zero-order valence-electron chi connectivity index (χ0n) is 21.4. The molecule has 0 bridgehead atoms. The summed E-state index contributed by atoms with van der Waals surface area (Å²) in [7, 11) is 0. The minimum absolute atomic E-state index is 0.00799. The molecule has 0 saturated heterocycles. The molecule has 1 aliphatic rings. The van der Waals surface area contributed by atoms with E-state index >= 15 is 0 Å². The molecule has 3 N–H and O–H groups in total. The Morgan fingerprint density at radius 3 is 2.22 bits per heavy atom. The van der Waals surface area contributed by atoms with Crippen LogP contribution in [-0.4, -0.2) is 52.7 Å². The van der Waals surface area contributed by atoms with Crippen LogP contribution in [0.15, 0.2) is 72.8 Å². The molecule has 212 valence electrons. The minimum Gasteiger partial charge on any atom is -0.479 e. The number of benzene rings is 3. The molecule has 0 spiro atoms. The highest BCUT2D eigenvalue weighted by molar-refractivity contribution is 6.32. The van der Waals surface area contributed by atoms with Crippen LogP contribution in [0.4, 0.5) is 13.2 Å². The first kappa shape index (κ1) is 29.2. The van der Waals surface area contributed by atoms with Crippen molar-refractivity contribution < 1.29 is 47.3 Å². The number of aliphatic carboxylic acids is 1. The van der Waals surface area contributed by atoms with Crippen LogP contribution >= 0.6 is 0 Å². The number of ketones is 2. The van der Waals surface area contributed by atoms with Gasteiger partial charge in [0.25, 0.3) is 5.91 Å². The number of aliphatic hydroxyl groups is 1. The van der Waals surface area contributed by atoms with E-state index in [2.05, 4.69) is 10.1 Å². The summed E-state index contributed by atoms with van der Waals surface area (Å²) in [6, 6.07) is 15.3. The lowest BCUT2D eigenvalue weighted by molar-refractivity contribution is -0.274. The molecule has 0 saturated carbocycles. The van der Waals surface area contributed by atoms with E-state index in [1.165, 1.54) is 36.4 Å². The Labute approximate surface area is 232 Å². The SMILES string of the molecule is O=C(C=C(C(=O)c1ccc(C(=O)NC[C@@H](O)C(=O)O)cc1)c1ccc2c(c1)CCC2)c1cccc(OC(F)(F)F)c1. The minimum atomic E-state index is -4.94. The standard InChI is InChI=1S/C30H24F3NO7/c31-30(32,33)41-23-6-2-5-22(14-23)25(35)15-24(21-12-7-17-3-1-4-20(17)13-21)27(37)18-8-10-19(11-9-18)28(38)34-16-26(36)29(39)40/h2,5-15,26,36H,1,3-4,16H2,(H,34,38)(H,39,40)/t26-/m1/s1. The van der Waals surface area contributed by atoms with Crippen molar-refractivity contribution in [3.63, 3.8) is 0 Å². The number of carboxylic acid groups (broad SMARTS) is 1. The number of Topliss-reactive ketones (excluding diaryl/α,β-unsaturated/α-hetero) is 1. The van der Waals surface area contributed by atoms with E-state index < -0.39 is 48.2 Å². The number of carbonyl (C=O) groups is 4. The molecule has 3 aromatic rings. The molecular weight excluding hydrogens is 543 g/mol. The zero-order chi connectivity index (χ0) is 29.7. The van der Waals surface area contributed by atoms with E-state index in [4.69, 9.17) is 5.11 Å². The quantitative estimate of drug-likeness (QED) is 0.245. The van der Waals surface area contributed by atoms with Crippen LogP contribution in [0.5, 0.6) is 5.75 Å². The van der Waals surface area contributed by atoms with Crippen LogP contribution in [0.25, 0.3) is 5.57 Å². The first-order valence-electron chi connectivity index (χ1n) is 12.5. The molecule has 0 fully saturated rings. The van der Waals surface area contributed by atoms with Gasteiger partial charge in [0.05, 0.1) is 6.54 Å². The fraction of sp³-hybridized carbons (Fsp3) is 0.200. The highest BCUT2D eigenvalue weighted by Gasteiger charge is 2.31. The van der Waals surface area contributed by atoms with Crippen LogP contribution in [0.2, 0.25) is 0 Å². The lowest BCUT2D eigenvalue weighted by atomic mass is 9.92. The number of nitrogens with one attached hydrogen (secondary N) is 1. The summed E-state index contributed by atoms with van der Waals surface area (Å²) in [5.41, 5.74) is 2.73. The summed E-state index contributed by atoms with van der Waals surface area (Å²) < 4.78 is 41.9. The molecule has 0 radical (unpaired) electrons. The van der Waals surface area contributed by atoms with Crippen LogP contribution < -0.4 is 10.1 Å². The van der Waals surface area contributed by atoms with Crippen LogP contribution in [0, 0.1) is 0 Å². The van der Waals surface area contributed by atoms with Gasteiger partial charge in [0.15, 0.2) is 17.7 Å². The van der Waals surface area contributed by atoms with Crippen molar-refractivity contribution in [2.24, 2.45) is 0 Å². The molecule has 4 rings (SSSR count). The first-order chi connectivity index (χ1) is 19.4. The molecule has 8 nitrogen and oxygen atoms in total. The van der Waals surface area contributed by atoms with Crippen molar-refractivity contribution in [1.82, 2.24) is 5.32 Å². The lowest BCUT2D eigenvalue weighted by Crippen LogP contribution is -2.36. The molecular formula is C30H24F3NO7. The van der Waals surface area contributed by atoms with Gasteiger partial charge in [-0.2, -0.15) is 0 Å². The Balaban J connectivity index is 1.64. The molecule has 0 unspecified atom stereocenters. The Hall–Kier alpha value is -4.77. The smallest absolute Gasteiger partial charge is 0.479 e. The summed E-state index contributed by atoms with van der Waals surface area (Å²) in [5.74, 6) is -4.02. The molecule has 3 aromatic carbocycles. The summed E-state index contributed by atoms with van der Waals surface area (Å²) in [6.45, 7) is -0.516. The highest BCUT2D eigenvalue weighted by atomic mass is 19.4. The highest BCUT2D eigenvalue weighted by Crippen LogP contribution is 2.29. The maximum absolute atomic E-state index is 13.6. The number of carbonyl (C=O) groups excluding carboxylic acids is 3. The fourth-order valence-corrected chi connectivity index (χ4v) is 4.39. The number of hydrogen-bond donors (Lipinski definition) is 3. The van der Waals surface area contributed by atoms with Gasteiger partial charge >= 0.3 is 12.3 Å². The molecule has 11 heteroatoms. The van der Waals surface area contributed by atoms with E-state index in [1.54, 1.807) is 6.07 Å². The molecule has 41 heavy (non-hydrogen) atoms. The number of carboxylic acids is 1. The van der Waals surface area contributed by atoms with Gasteiger partial charge in [-0.25, -0.2) is 4.79 Å². The van der Waals surface area contributed by atoms with Gasteiger partial charge < -0.3 is 20.3 Å². The number of ether oxygens (including phenoxy) is 1. The molecule has 0 aromatic heterocycles. The van der Waals surface area contributed by atoms with E-state index in [0.717, 1.165) is 48.6 Å². The van der Waals surface area contributed by atoms with Crippen molar-refractivity contribution >= 4 is 29.0 Å². The molecule has 1 aliphatic carbocycles. The second-order valence-corrected chi connectivity index (χ2v) is 9.31. The normalized spacial score (nSPS) is 13.7. The summed E-state index contributed by atoms with van der Waals surface area (Å²) in [4.78, 5) is 49.8. The van der Waals surface area contributed by atoms with Crippen molar-refractivity contribution in [3.8, 4) is 5.75 Å². The number of halogens is 3. The third-order valence-corrected chi connectivity index (χ3v) is 6.43. The van der Waals surface area contributed by atoms with Gasteiger partial charge in [-0.1, -0.05) is 42.5 Å². The number of rotatable bonds is 10. The largest absolute Gasteiger partial charge is 0.573 e. The van der Waals surface area contributed by atoms with Gasteiger partial charge in [0.1, 0.15) is 5.75 Å². The number of alkyl halides is 3. The summed E-state index contributed by atoms with van der Waals surface area (Å²) >= 11 is 0. The second kappa shape index (κ2) is 12.2. The van der Waals surface area contributed by atoms with Crippen molar-refractivity contribution in [2.45, 2.75) is 31.7 Å². The topological polar surface area (TPSA) is 130 Å². The van der Waals surface area contributed by atoms with E-state index in [1.807, 2.05) is 12.1 Å². The number of allylic oxidation sites excluding steroid dienone is 2. The number of fused-ring (bicyclic) bond motifs is 1. The molecule has 0 heterocycles. The first-order valence-corrected chi connectivity index (χ1v) is 12.5. The van der Waals surface area contributed by atoms with Gasteiger partial charge in [0.2, 0.25) is 0 Å². The Morgan fingerprint density at radius 1 is 0.878 bits per heavy atom. The van der Waals surface area contributed by atoms with Crippen LogP contribution in [0.3, 0.4) is 0 Å². The van der Waals surface area contributed by atoms with E-state index in [9.17, 15) is 37.5 Å². The van der Waals surface area contributed by atoms with Crippen molar-refractivity contribution in [3.05, 3.63) is 106 Å². The monoisotopic (exact) mass is 567 g/mol. The maximum Gasteiger partial charge on any atom is 0.573 e. The van der Waals surface area contributed by atoms with E-state index in [-0.39, 0.29) is 22.3 Å². The third kappa shape index (κ3) is 7.46. The zero-order valence-corrected chi connectivity index (χ0v) is 21.4. The third-order valence-electron chi connectivity index (χ3n) is 6.43.